The molecule has 0 saturated carbocycles. The van der Waals surface area contributed by atoms with Gasteiger partial charge >= 0.3 is 5.97 Å². The Labute approximate surface area is 180 Å². The van der Waals surface area contributed by atoms with Gasteiger partial charge in [-0.25, -0.2) is 10.2 Å². The molecule has 1 aromatic heterocycles. The first-order valence-corrected chi connectivity index (χ1v) is 9.47. The van der Waals surface area contributed by atoms with Gasteiger partial charge in [0.05, 0.1) is 13.3 Å². The number of benzene rings is 2. The number of halogens is 1. The number of furan rings is 1. The maximum atomic E-state index is 12.1. The van der Waals surface area contributed by atoms with Crippen LogP contribution in [0.2, 0.25) is 0 Å². The lowest BCUT2D eigenvalue weighted by Crippen LogP contribution is -2.17. The van der Waals surface area contributed by atoms with Gasteiger partial charge < -0.3 is 19.0 Å². The maximum Gasteiger partial charge on any atom is 0.371 e. The van der Waals surface area contributed by atoms with Crippen molar-refractivity contribution in [3.63, 3.8) is 0 Å². The number of carbonyl (C=O) groups is 2. The van der Waals surface area contributed by atoms with Gasteiger partial charge in [-0.1, -0.05) is 22.0 Å². The molecule has 1 amide bonds. The fourth-order valence-corrected chi connectivity index (χ4v) is 2.86. The van der Waals surface area contributed by atoms with Gasteiger partial charge in [0.25, 0.3) is 5.91 Å². The molecule has 0 unspecified atom stereocenters. The normalized spacial score (nSPS) is 10.7. The van der Waals surface area contributed by atoms with Gasteiger partial charge in [-0.15, -0.1) is 0 Å². The van der Waals surface area contributed by atoms with Gasteiger partial charge in [0.2, 0.25) is 5.76 Å². The molecule has 9 heteroatoms. The summed E-state index contributed by atoms with van der Waals surface area (Å²) < 4.78 is 16.9. The van der Waals surface area contributed by atoms with Gasteiger partial charge in [0, 0.05) is 10.0 Å². The summed E-state index contributed by atoms with van der Waals surface area (Å²) in [4.78, 5) is 22.9. The van der Waals surface area contributed by atoms with Crippen molar-refractivity contribution in [3.8, 4) is 11.5 Å². The van der Waals surface area contributed by atoms with Crippen LogP contribution in [0.1, 0.15) is 32.2 Å². The number of hydrazone groups is 1. The molecular weight excluding hydrogens is 456 g/mol. The fraction of sp³-hybridized carbons (Fsp3) is 0.0952. The van der Waals surface area contributed by atoms with Gasteiger partial charge in [-0.3, -0.25) is 4.79 Å². The predicted molar refractivity (Wildman–Crippen MR) is 112 cm³/mol. The van der Waals surface area contributed by atoms with Crippen molar-refractivity contribution in [3.05, 3.63) is 81.7 Å². The number of hydrogen-bond donors (Lipinski definition) is 2. The summed E-state index contributed by atoms with van der Waals surface area (Å²) in [5, 5.41) is 12.8. The molecule has 30 heavy (non-hydrogen) atoms. The first kappa shape index (κ1) is 21.1. The molecule has 8 nitrogen and oxygen atoms in total. The zero-order valence-electron chi connectivity index (χ0n) is 15.8. The van der Waals surface area contributed by atoms with Crippen LogP contribution in [0.4, 0.5) is 0 Å². The Kier molecular flexibility index (Phi) is 6.87. The second-order valence-electron chi connectivity index (χ2n) is 5.98. The van der Waals surface area contributed by atoms with Crippen molar-refractivity contribution in [2.24, 2.45) is 5.10 Å². The molecule has 0 spiro atoms. The van der Waals surface area contributed by atoms with E-state index < -0.39 is 5.97 Å². The summed E-state index contributed by atoms with van der Waals surface area (Å²) in [6, 6.07) is 15.0. The third kappa shape index (κ3) is 5.48. The number of nitrogens with one attached hydrogen (secondary N) is 1. The highest BCUT2D eigenvalue weighted by Crippen LogP contribution is 2.28. The monoisotopic (exact) mass is 472 g/mol. The Balaban J connectivity index is 1.62. The quantitative estimate of drug-likeness (QED) is 0.377. The van der Waals surface area contributed by atoms with Crippen molar-refractivity contribution >= 4 is 34.0 Å². The number of carbonyl (C=O) groups excluding carboxylic acids is 1. The average molecular weight is 473 g/mol. The molecule has 0 bridgehead atoms. The van der Waals surface area contributed by atoms with Crippen LogP contribution >= 0.6 is 15.9 Å². The highest BCUT2D eigenvalue weighted by Gasteiger charge is 2.11. The number of aromatic carboxylic acids is 1. The SMILES string of the molecule is COc1cc(C=NNC(=O)c2cccc(Br)c2)ccc1OCc1ccc(C(=O)O)o1. The Bertz CT molecular complexity index is 1090. The van der Waals surface area contributed by atoms with Gasteiger partial charge in [0.1, 0.15) is 12.4 Å². The molecule has 0 saturated heterocycles. The number of carboxylic acid groups (broad SMARTS) is 1. The molecule has 0 aliphatic heterocycles. The van der Waals surface area contributed by atoms with Crippen molar-refractivity contribution < 1.29 is 28.6 Å². The summed E-state index contributed by atoms with van der Waals surface area (Å²) in [6.45, 7) is 0.0414. The lowest BCUT2D eigenvalue weighted by atomic mass is 10.2. The fourth-order valence-electron chi connectivity index (χ4n) is 2.46. The minimum absolute atomic E-state index is 0.0414. The van der Waals surface area contributed by atoms with E-state index >= 15 is 0 Å². The van der Waals surface area contributed by atoms with Crippen molar-refractivity contribution in [1.82, 2.24) is 5.43 Å². The first-order chi connectivity index (χ1) is 14.5. The van der Waals surface area contributed by atoms with E-state index in [4.69, 9.17) is 19.0 Å². The summed E-state index contributed by atoms with van der Waals surface area (Å²) in [5.41, 5.74) is 3.62. The lowest BCUT2D eigenvalue weighted by Gasteiger charge is -2.10. The number of hydrogen-bond acceptors (Lipinski definition) is 6. The number of ether oxygens (including phenoxy) is 2. The van der Waals surface area contributed by atoms with Crippen LogP contribution in [0.5, 0.6) is 11.5 Å². The van der Waals surface area contributed by atoms with E-state index in [9.17, 15) is 9.59 Å². The van der Waals surface area contributed by atoms with Crippen LogP contribution in [0.25, 0.3) is 0 Å². The molecule has 0 atom stereocenters. The smallest absolute Gasteiger partial charge is 0.371 e. The van der Waals surface area contributed by atoms with E-state index in [1.54, 1.807) is 36.4 Å². The third-order valence-electron chi connectivity index (χ3n) is 3.90. The van der Waals surface area contributed by atoms with Crippen LogP contribution in [0, 0.1) is 0 Å². The number of carboxylic acids is 1. The van der Waals surface area contributed by atoms with Gasteiger partial charge in [0.15, 0.2) is 11.5 Å². The van der Waals surface area contributed by atoms with Gasteiger partial charge in [-0.05, 0) is 54.1 Å². The van der Waals surface area contributed by atoms with Crippen molar-refractivity contribution in [2.75, 3.05) is 7.11 Å². The highest BCUT2D eigenvalue weighted by molar-refractivity contribution is 9.10. The molecule has 0 aliphatic carbocycles. The predicted octanol–water partition coefficient (Wildman–Crippen LogP) is 4.09. The summed E-state index contributed by atoms with van der Waals surface area (Å²) in [5.74, 6) is -0.371. The van der Waals surface area contributed by atoms with Crippen LogP contribution < -0.4 is 14.9 Å². The first-order valence-electron chi connectivity index (χ1n) is 8.68. The minimum Gasteiger partial charge on any atom is -0.493 e. The minimum atomic E-state index is -1.14. The number of nitrogens with zero attached hydrogens (tertiary/aromatic N) is 1. The molecule has 2 N–H and O–H groups in total. The summed E-state index contributed by atoms with van der Waals surface area (Å²) >= 11 is 3.32. The Morgan fingerprint density at radius 2 is 2.00 bits per heavy atom. The molecule has 3 aromatic rings. The zero-order chi connectivity index (χ0) is 21.5. The molecule has 0 aliphatic rings. The second kappa shape index (κ2) is 9.75. The summed E-state index contributed by atoms with van der Waals surface area (Å²) in [7, 11) is 1.49. The van der Waals surface area contributed by atoms with Crippen LogP contribution in [-0.2, 0) is 6.61 Å². The van der Waals surface area contributed by atoms with Crippen molar-refractivity contribution in [2.45, 2.75) is 6.61 Å². The summed E-state index contributed by atoms with van der Waals surface area (Å²) in [6.07, 6.45) is 1.48. The maximum absolute atomic E-state index is 12.1. The second-order valence-corrected chi connectivity index (χ2v) is 6.90. The Morgan fingerprint density at radius 3 is 2.70 bits per heavy atom. The molecule has 1 heterocycles. The molecule has 0 fully saturated rings. The van der Waals surface area contributed by atoms with Gasteiger partial charge in [-0.2, -0.15) is 5.10 Å². The Hall–Kier alpha value is -3.59. The lowest BCUT2D eigenvalue weighted by molar-refractivity contribution is 0.0657. The van der Waals surface area contributed by atoms with E-state index in [1.165, 1.54) is 25.5 Å². The molecular formula is C21H17BrN2O6. The number of rotatable bonds is 8. The zero-order valence-corrected chi connectivity index (χ0v) is 17.4. The topological polar surface area (TPSA) is 110 Å². The van der Waals surface area contributed by atoms with E-state index in [2.05, 4.69) is 26.5 Å². The van der Waals surface area contributed by atoms with E-state index in [0.717, 1.165) is 4.47 Å². The van der Waals surface area contributed by atoms with Crippen LogP contribution in [0.15, 0.2) is 68.6 Å². The molecule has 154 valence electrons. The van der Waals surface area contributed by atoms with E-state index in [0.29, 0.717) is 28.4 Å². The number of methoxy groups -OCH3 is 1. The van der Waals surface area contributed by atoms with Crippen LogP contribution in [0.3, 0.4) is 0 Å². The highest BCUT2D eigenvalue weighted by atomic mass is 79.9. The molecule has 3 rings (SSSR count). The Morgan fingerprint density at radius 1 is 1.17 bits per heavy atom. The average Bonchev–Trinajstić information content (AvgIpc) is 3.22. The third-order valence-corrected chi connectivity index (χ3v) is 4.39. The molecule has 2 aromatic carbocycles. The standard InChI is InChI=1S/C21H17BrN2O6/c1-28-19-9-13(11-23-24-20(25)14-3-2-4-15(22)10-14)5-7-17(19)29-12-16-6-8-18(30-16)21(26)27/h2-11H,12H2,1H3,(H,24,25)(H,26,27). The van der Waals surface area contributed by atoms with E-state index in [1.807, 2.05) is 6.07 Å². The number of amides is 1. The molecule has 0 radical (unpaired) electrons. The van der Waals surface area contributed by atoms with Crippen molar-refractivity contribution in [1.29, 1.82) is 0 Å². The van der Waals surface area contributed by atoms with Crippen LogP contribution in [-0.4, -0.2) is 30.3 Å². The van der Waals surface area contributed by atoms with E-state index in [-0.39, 0.29) is 18.3 Å². The largest absolute Gasteiger partial charge is 0.493 e.